The third-order valence-corrected chi connectivity index (χ3v) is 3.31. The summed E-state index contributed by atoms with van der Waals surface area (Å²) in [6, 6.07) is 1.33. The Bertz CT molecular complexity index is 484. The second kappa shape index (κ2) is 5.70. The molecule has 8 heteroatoms. The quantitative estimate of drug-likeness (QED) is 0.864. The molecular weight excluding hydrogens is 283 g/mol. The van der Waals surface area contributed by atoms with Gasteiger partial charge in [-0.1, -0.05) is 0 Å². The highest BCUT2D eigenvalue weighted by Gasteiger charge is 2.39. The molecule has 1 unspecified atom stereocenters. The Morgan fingerprint density at radius 1 is 1.47 bits per heavy atom. The number of halogens is 3. The maximum Gasteiger partial charge on any atom is 0.416 e. The van der Waals surface area contributed by atoms with E-state index in [0.29, 0.717) is 5.56 Å². The molecule has 1 aromatic heterocycles. The summed E-state index contributed by atoms with van der Waals surface area (Å²) in [6.45, 7) is 0.475. The predicted octanol–water partition coefficient (Wildman–Crippen LogP) is 1.95. The number of alkyl halides is 3. The minimum absolute atomic E-state index is 0.155. The number of nitrogens with zero attached hydrogens (tertiary/aromatic N) is 1. The van der Waals surface area contributed by atoms with E-state index in [0.717, 1.165) is 23.3 Å². The Balaban J connectivity index is 2.74. The maximum atomic E-state index is 12.2. The first kappa shape index (κ1) is 15.6. The van der Waals surface area contributed by atoms with Gasteiger partial charge >= 0.3 is 6.18 Å². The van der Waals surface area contributed by atoms with Gasteiger partial charge in [0.2, 0.25) is 0 Å². The van der Waals surface area contributed by atoms with Crippen molar-refractivity contribution in [2.24, 2.45) is 0 Å². The fourth-order valence-corrected chi connectivity index (χ4v) is 2.21. The van der Waals surface area contributed by atoms with Gasteiger partial charge in [0.25, 0.3) is 5.91 Å². The molecule has 0 saturated heterocycles. The second-order valence-corrected chi connectivity index (χ2v) is 4.91. The van der Waals surface area contributed by atoms with Crippen LogP contribution in [0.3, 0.4) is 0 Å². The van der Waals surface area contributed by atoms with Crippen molar-refractivity contribution in [3.63, 3.8) is 0 Å². The Hall–Kier alpha value is -1.41. The van der Waals surface area contributed by atoms with Crippen LogP contribution in [0.1, 0.15) is 27.0 Å². The van der Waals surface area contributed by atoms with Gasteiger partial charge in [0.1, 0.15) is 0 Å². The van der Waals surface area contributed by atoms with Crippen LogP contribution in [0, 0.1) is 0 Å². The van der Waals surface area contributed by atoms with Crippen LogP contribution in [-0.4, -0.2) is 47.6 Å². The summed E-state index contributed by atoms with van der Waals surface area (Å²) >= 11 is 0.974. The molecule has 0 aliphatic rings. The Labute approximate surface area is 111 Å². The lowest BCUT2D eigenvalue weighted by molar-refractivity contribution is -0.205. The fraction of sp³-hybridized carbons (Fsp3) is 0.455. The molecule has 1 rings (SSSR count). The molecule has 0 aromatic carbocycles. The van der Waals surface area contributed by atoms with Gasteiger partial charge in [0.05, 0.1) is 11.4 Å². The molecule has 19 heavy (non-hydrogen) atoms. The van der Waals surface area contributed by atoms with Crippen molar-refractivity contribution < 1.29 is 27.9 Å². The van der Waals surface area contributed by atoms with Crippen LogP contribution in [0.5, 0.6) is 0 Å². The van der Waals surface area contributed by atoms with Crippen molar-refractivity contribution in [3.8, 4) is 0 Å². The fourth-order valence-electron chi connectivity index (χ4n) is 1.27. The van der Waals surface area contributed by atoms with Crippen molar-refractivity contribution >= 4 is 23.0 Å². The van der Waals surface area contributed by atoms with E-state index in [-0.39, 0.29) is 10.7 Å². The van der Waals surface area contributed by atoms with Crippen LogP contribution in [0.2, 0.25) is 0 Å². The van der Waals surface area contributed by atoms with Gasteiger partial charge in [-0.2, -0.15) is 13.2 Å². The van der Waals surface area contributed by atoms with Crippen LogP contribution in [0.4, 0.5) is 13.2 Å². The maximum absolute atomic E-state index is 12.2. The van der Waals surface area contributed by atoms with Gasteiger partial charge in [-0.15, -0.1) is 11.3 Å². The van der Waals surface area contributed by atoms with E-state index in [2.05, 4.69) is 0 Å². The number of likely N-dealkylation sites (N-methyl/N-ethyl adjacent to an activating group) is 1. The first-order chi connectivity index (χ1) is 8.62. The Kier molecular flexibility index (Phi) is 4.70. The Morgan fingerprint density at radius 2 is 2.05 bits per heavy atom. The van der Waals surface area contributed by atoms with Gasteiger partial charge in [-0.05, 0) is 13.0 Å². The molecule has 4 nitrogen and oxygen atoms in total. The summed E-state index contributed by atoms with van der Waals surface area (Å²) in [7, 11) is 1.16. The molecule has 1 atom stereocenters. The molecule has 1 heterocycles. The van der Waals surface area contributed by atoms with Gasteiger partial charge in [-0.3, -0.25) is 9.59 Å². The number of Topliss-reactive ketones (excluding diaryl/α,β-unsaturated/α-hetero) is 1. The summed E-state index contributed by atoms with van der Waals surface area (Å²) < 4.78 is 36.5. The molecule has 0 aliphatic carbocycles. The molecule has 1 amide bonds. The largest absolute Gasteiger partial charge is 0.416 e. The van der Waals surface area contributed by atoms with Crippen LogP contribution in [0.25, 0.3) is 0 Å². The zero-order valence-electron chi connectivity index (χ0n) is 10.2. The van der Waals surface area contributed by atoms with E-state index in [1.54, 1.807) is 0 Å². The minimum Gasteiger partial charge on any atom is -0.382 e. The second-order valence-electron chi connectivity index (χ2n) is 4.00. The predicted molar refractivity (Wildman–Crippen MR) is 63.3 cm³/mol. The number of hydrogen-bond acceptors (Lipinski definition) is 4. The third-order valence-electron chi connectivity index (χ3n) is 2.39. The lowest BCUT2D eigenvalue weighted by Crippen LogP contribution is -2.41. The minimum atomic E-state index is -4.77. The van der Waals surface area contributed by atoms with Crippen LogP contribution >= 0.6 is 11.3 Å². The number of aliphatic hydroxyl groups is 1. The number of thiophene rings is 1. The van der Waals surface area contributed by atoms with Gasteiger partial charge in [-0.25, -0.2) is 0 Å². The SMILES string of the molecule is CC(=O)c1csc(C(=O)N(C)CC(O)C(F)(F)F)c1. The molecule has 0 spiro atoms. The molecule has 0 aliphatic heterocycles. The number of carbonyl (C=O) groups excluding carboxylic acids is 2. The van der Waals surface area contributed by atoms with Gasteiger partial charge in [0.15, 0.2) is 11.9 Å². The molecular formula is C11H12F3NO3S. The number of rotatable bonds is 4. The summed E-state index contributed by atoms with van der Waals surface area (Å²) in [4.78, 5) is 23.8. The highest BCUT2D eigenvalue weighted by molar-refractivity contribution is 7.12. The van der Waals surface area contributed by atoms with Crippen molar-refractivity contribution in [2.75, 3.05) is 13.6 Å². The average molecular weight is 295 g/mol. The van der Waals surface area contributed by atoms with E-state index >= 15 is 0 Å². The summed E-state index contributed by atoms with van der Waals surface area (Å²) in [5.41, 5.74) is 0.332. The topological polar surface area (TPSA) is 57.6 Å². The standard InChI is InChI=1S/C11H12F3NO3S/c1-6(16)7-3-8(19-5-7)10(18)15(2)4-9(17)11(12,13)14/h3,5,9,17H,4H2,1-2H3. The average Bonchev–Trinajstić information content (AvgIpc) is 2.75. The van der Waals surface area contributed by atoms with Crippen molar-refractivity contribution in [1.29, 1.82) is 0 Å². The van der Waals surface area contributed by atoms with Crippen molar-refractivity contribution in [1.82, 2.24) is 4.90 Å². The first-order valence-electron chi connectivity index (χ1n) is 5.22. The number of carbonyl (C=O) groups is 2. The summed E-state index contributed by atoms with van der Waals surface area (Å²) in [5.74, 6) is -0.894. The number of ketones is 1. The number of amides is 1. The molecule has 1 N–H and O–H groups in total. The Morgan fingerprint density at radius 3 is 2.47 bits per heavy atom. The smallest absolute Gasteiger partial charge is 0.382 e. The van der Waals surface area contributed by atoms with Crippen molar-refractivity contribution in [2.45, 2.75) is 19.2 Å². The monoisotopic (exact) mass is 295 g/mol. The zero-order valence-corrected chi connectivity index (χ0v) is 11.0. The molecule has 0 saturated carbocycles. The van der Waals surface area contributed by atoms with Crippen LogP contribution in [0.15, 0.2) is 11.4 Å². The third kappa shape index (κ3) is 4.03. The van der Waals surface area contributed by atoms with E-state index in [1.165, 1.54) is 18.4 Å². The molecule has 0 bridgehead atoms. The van der Waals surface area contributed by atoms with Crippen molar-refractivity contribution in [3.05, 3.63) is 21.9 Å². The lowest BCUT2D eigenvalue weighted by Gasteiger charge is -2.21. The molecule has 106 valence electrons. The van der Waals surface area contributed by atoms with Gasteiger partial charge < -0.3 is 10.0 Å². The molecule has 0 radical (unpaired) electrons. The summed E-state index contributed by atoms with van der Waals surface area (Å²) in [5, 5.41) is 10.3. The highest BCUT2D eigenvalue weighted by atomic mass is 32.1. The van der Waals surface area contributed by atoms with Crippen LogP contribution in [-0.2, 0) is 0 Å². The molecule has 1 aromatic rings. The summed E-state index contributed by atoms with van der Waals surface area (Å²) in [6.07, 6.45) is -7.36. The highest BCUT2D eigenvalue weighted by Crippen LogP contribution is 2.22. The lowest BCUT2D eigenvalue weighted by atomic mass is 10.2. The van der Waals surface area contributed by atoms with Crippen LogP contribution < -0.4 is 0 Å². The first-order valence-corrected chi connectivity index (χ1v) is 6.10. The van der Waals surface area contributed by atoms with E-state index in [1.807, 2.05) is 0 Å². The van der Waals surface area contributed by atoms with Gasteiger partial charge in [0, 0.05) is 18.0 Å². The number of aliphatic hydroxyl groups excluding tert-OH is 1. The normalized spacial score (nSPS) is 13.2. The number of hydrogen-bond donors (Lipinski definition) is 1. The van der Waals surface area contributed by atoms with E-state index in [4.69, 9.17) is 5.11 Å². The zero-order chi connectivity index (χ0) is 14.8. The molecule has 0 fully saturated rings. The van der Waals surface area contributed by atoms with E-state index < -0.39 is 24.7 Å². The van der Waals surface area contributed by atoms with E-state index in [9.17, 15) is 22.8 Å².